The summed E-state index contributed by atoms with van der Waals surface area (Å²) in [6.07, 6.45) is 0. The lowest BCUT2D eigenvalue weighted by molar-refractivity contribution is -0.109. The zero-order chi connectivity index (χ0) is 10.1. The van der Waals surface area contributed by atoms with Crippen molar-refractivity contribution in [2.75, 3.05) is 24.7 Å². The van der Waals surface area contributed by atoms with E-state index in [0.717, 1.165) is 0 Å². The van der Waals surface area contributed by atoms with Crippen LogP contribution in [0.3, 0.4) is 0 Å². The van der Waals surface area contributed by atoms with Crippen molar-refractivity contribution in [1.29, 1.82) is 0 Å². The average molecular weight is 222 g/mol. The van der Waals surface area contributed by atoms with E-state index in [4.69, 9.17) is 4.74 Å². The van der Waals surface area contributed by atoms with Gasteiger partial charge in [0.05, 0.1) is 13.2 Å². The minimum absolute atomic E-state index is 0.113. The van der Waals surface area contributed by atoms with Crippen molar-refractivity contribution in [1.82, 2.24) is 0 Å². The van der Waals surface area contributed by atoms with E-state index in [2.05, 4.69) is 0 Å². The van der Waals surface area contributed by atoms with Crippen LogP contribution in [0.1, 0.15) is 13.8 Å². The summed E-state index contributed by atoms with van der Waals surface area (Å²) < 4.78 is 5.19. The molecular weight excluding hydrogens is 208 g/mol. The molecule has 5 heteroatoms. The highest BCUT2D eigenvalue weighted by atomic mass is 32.2. The average Bonchev–Trinajstić information content (AvgIpc) is 2.01. The predicted octanol–water partition coefficient (Wildman–Crippen LogP) is 1.56. The van der Waals surface area contributed by atoms with Crippen LogP contribution in [0.15, 0.2) is 0 Å². The van der Waals surface area contributed by atoms with Crippen LogP contribution in [-0.4, -0.2) is 35.0 Å². The lowest BCUT2D eigenvalue weighted by Crippen LogP contribution is -2.03. The van der Waals surface area contributed by atoms with Gasteiger partial charge in [-0.15, -0.1) is 0 Å². The van der Waals surface area contributed by atoms with E-state index in [0.29, 0.717) is 24.7 Å². The van der Waals surface area contributed by atoms with Gasteiger partial charge in [-0.3, -0.25) is 9.59 Å². The Kier molecular flexibility index (Phi) is 8.59. The van der Waals surface area contributed by atoms with Gasteiger partial charge in [0.25, 0.3) is 0 Å². The molecule has 0 amide bonds. The molecule has 0 aromatic carbocycles. The second kappa shape index (κ2) is 8.59. The number of carbonyl (C=O) groups is 2. The van der Waals surface area contributed by atoms with Crippen molar-refractivity contribution in [2.45, 2.75) is 13.8 Å². The molecule has 0 heterocycles. The molecule has 0 rings (SSSR count). The van der Waals surface area contributed by atoms with Crippen LogP contribution in [0.25, 0.3) is 0 Å². The fourth-order valence-corrected chi connectivity index (χ4v) is 1.57. The zero-order valence-electron chi connectivity index (χ0n) is 7.87. The topological polar surface area (TPSA) is 43.4 Å². The van der Waals surface area contributed by atoms with E-state index >= 15 is 0 Å². The molecule has 0 saturated heterocycles. The summed E-state index contributed by atoms with van der Waals surface area (Å²) >= 11 is 2.52. The van der Waals surface area contributed by atoms with Crippen molar-refractivity contribution >= 4 is 33.8 Å². The summed E-state index contributed by atoms with van der Waals surface area (Å²) in [4.78, 5) is 21.0. The first-order valence-corrected chi connectivity index (χ1v) is 5.94. The molecule has 0 aliphatic heterocycles. The SMILES string of the molecule is CC(=O)SCCOCCSC(C)=O. The van der Waals surface area contributed by atoms with Crippen LogP contribution in [0.5, 0.6) is 0 Å². The monoisotopic (exact) mass is 222 g/mol. The van der Waals surface area contributed by atoms with E-state index < -0.39 is 0 Å². The number of hydrogen-bond acceptors (Lipinski definition) is 5. The van der Waals surface area contributed by atoms with Gasteiger partial charge in [-0.05, 0) is 0 Å². The second-order valence-corrected chi connectivity index (χ2v) is 4.84. The molecule has 0 fully saturated rings. The minimum atomic E-state index is 0.113. The lowest BCUT2D eigenvalue weighted by Gasteiger charge is -2.00. The van der Waals surface area contributed by atoms with Crippen LogP contribution < -0.4 is 0 Å². The summed E-state index contributed by atoms with van der Waals surface area (Å²) in [5, 5.41) is 0.225. The summed E-state index contributed by atoms with van der Waals surface area (Å²) in [5.74, 6) is 1.39. The summed E-state index contributed by atoms with van der Waals surface area (Å²) in [7, 11) is 0. The number of carbonyl (C=O) groups excluding carboxylic acids is 2. The number of ether oxygens (including phenoxy) is 1. The molecule has 76 valence electrons. The molecule has 0 bridgehead atoms. The van der Waals surface area contributed by atoms with Crippen LogP contribution >= 0.6 is 23.5 Å². The van der Waals surface area contributed by atoms with E-state index in [-0.39, 0.29) is 10.2 Å². The Balaban J connectivity index is 3.00. The van der Waals surface area contributed by atoms with Crippen LogP contribution in [0.2, 0.25) is 0 Å². The molecule has 0 aliphatic carbocycles. The Morgan fingerprint density at radius 3 is 1.69 bits per heavy atom. The van der Waals surface area contributed by atoms with Gasteiger partial charge in [0.2, 0.25) is 0 Å². The van der Waals surface area contributed by atoms with E-state index in [1.165, 1.54) is 37.4 Å². The number of hydrogen-bond donors (Lipinski definition) is 0. The van der Waals surface area contributed by atoms with Gasteiger partial charge in [0.15, 0.2) is 10.2 Å². The van der Waals surface area contributed by atoms with Gasteiger partial charge >= 0.3 is 0 Å². The lowest BCUT2D eigenvalue weighted by atomic mass is 10.8. The molecule has 0 atom stereocenters. The molecule has 0 unspecified atom stereocenters. The maximum Gasteiger partial charge on any atom is 0.185 e. The first kappa shape index (κ1) is 13.0. The Morgan fingerprint density at radius 2 is 1.38 bits per heavy atom. The predicted molar refractivity (Wildman–Crippen MR) is 57.1 cm³/mol. The molecule has 0 aliphatic rings. The van der Waals surface area contributed by atoms with Crippen molar-refractivity contribution in [3.05, 3.63) is 0 Å². The maximum atomic E-state index is 10.5. The van der Waals surface area contributed by atoms with E-state index in [1.54, 1.807) is 0 Å². The molecular formula is C8H14O3S2. The van der Waals surface area contributed by atoms with Gasteiger partial charge in [0, 0.05) is 25.4 Å². The van der Waals surface area contributed by atoms with Gasteiger partial charge in [-0.2, -0.15) is 0 Å². The van der Waals surface area contributed by atoms with Crippen LogP contribution in [0.4, 0.5) is 0 Å². The summed E-state index contributed by atoms with van der Waals surface area (Å²) in [5.41, 5.74) is 0. The van der Waals surface area contributed by atoms with E-state index in [9.17, 15) is 9.59 Å². The molecule has 0 spiro atoms. The molecule has 0 aromatic heterocycles. The van der Waals surface area contributed by atoms with Gasteiger partial charge in [0.1, 0.15) is 0 Å². The molecule has 3 nitrogen and oxygen atoms in total. The van der Waals surface area contributed by atoms with Gasteiger partial charge in [-0.25, -0.2) is 0 Å². The summed E-state index contributed by atoms with van der Waals surface area (Å²) in [6.45, 7) is 4.22. The molecule has 13 heavy (non-hydrogen) atoms. The Hall–Kier alpha value is -0.0000000000000000555. The van der Waals surface area contributed by atoms with E-state index in [1.807, 2.05) is 0 Å². The molecule has 0 N–H and O–H groups in total. The fraction of sp³-hybridized carbons (Fsp3) is 0.750. The third-order valence-corrected chi connectivity index (χ3v) is 2.62. The second-order valence-electron chi connectivity index (χ2n) is 2.29. The summed E-state index contributed by atoms with van der Waals surface area (Å²) in [6, 6.07) is 0. The third kappa shape index (κ3) is 12.0. The van der Waals surface area contributed by atoms with Gasteiger partial charge in [-0.1, -0.05) is 23.5 Å². The molecule has 0 radical (unpaired) electrons. The quantitative estimate of drug-likeness (QED) is 0.638. The highest BCUT2D eigenvalue weighted by Crippen LogP contribution is 2.02. The van der Waals surface area contributed by atoms with Gasteiger partial charge < -0.3 is 4.74 Å². The van der Waals surface area contributed by atoms with Crippen molar-refractivity contribution in [2.24, 2.45) is 0 Å². The highest BCUT2D eigenvalue weighted by Gasteiger charge is 1.95. The van der Waals surface area contributed by atoms with Crippen LogP contribution in [0, 0.1) is 0 Å². The highest BCUT2D eigenvalue weighted by molar-refractivity contribution is 8.13. The Labute approximate surface area is 87.0 Å². The first-order valence-electron chi connectivity index (χ1n) is 3.97. The maximum absolute atomic E-state index is 10.5. The Bertz CT molecular complexity index is 153. The smallest absolute Gasteiger partial charge is 0.185 e. The fourth-order valence-electron chi connectivity index (χ4n) is 0.591. The molecule has 0 saturated carbocycles. The number of rotatable bonds is 6. The largest absolute Gasteiger partial charge is 0.380 e. The van der Waals surface area contributed by atoms with Crippen molar-refractivity contribution in [3.8, 4) is 0 Å². The van der Waals surface area contributed by atoms with Crippen molar-refractivity contribution < 1.29 is 14.3 Å². The third-order valence-electron chi connectivity index (χ3n) is 1.07. The Morgan fingerprint density at radius 1 is 1.00 bits per heavy atom. The normalized spacial score (nSPS) is 10.0. The molecule has 0 aromatic rings. The first-order chi connectivity index (χ1) is 6.13. The minimum Gasteiger partial charge on any atom is -0.380 e. The number of thioether (sulfide) groups is 2. The standard InChI is InChI=1S/C8H14O3S2/c1-7(9)12-5-3-11-4-6-13-8(2)10/h3-6H2,1-2H3. The van der Waals surface area contributed by atoms with Crippen LogP contribution in [-0.2, 0) is 14.3 Å². The zero-order valence-corrected chi connectivity index (χ0v) is 9.50. The van der Waals surface area contributed by atoms with Crippen molar-refractivity contribution in [3.63, 3.8) is 0 Å².